The summed E-state index contributed by atoms with van der Waals surface area (Å²) in [5.74, 6) is 0. The van der Waals surface area contributed by atoms with Gasteiger partial charge in [0, 0.05) is 10.7 Å². The van der Waals surface area contributed by atoms with E-state index in [1.54, 1.807) is 18.2 Å². The molecule has 0 aliphatic carbocycles. The van der Waals surface area contributed by atoms with Crippen LogP contribution in [-0.4, -0.2) is 5.11 Å². The number of anilines is 2. The normalized spacial score (nSPS) is 10.2. The highest BCUT2D eigenvalue weighted by Gasteiger charge is 2.05. The molecule has 0 unspecified atom stereocenters. The number of benzene rings is 2. The molecular weight excluding hydrogens is 311 g/mol. The summed E-state index contributed by atoms with van der Waals surface area (Å²) in [5.41, 5.74) is 4.00. The summed E-state index contributed by atoms with van der Waals surface area (Å²) in [6, 6.07) is 11.4. The minimum Gasteiger partial charge on any atom is -0.332 e. The first-order chi connectivity index (χ1) is 9.45. The molecule has 5 heteroatoms. The zero-order valence-electron chi connectivity index (χ0n) is 11.1. The van der Waals surface area contributed by atoms with Crippen LogP contribution in [0.2, 0.25) is 10.0 Å². The van der Waals surface area contributed by atoms with Gasteiger partial charge in [-0.05, 0) is 61.5 Å². The molecule has 0 heterocycles. The van der Waals surface area contributed by atoms with Crippen molar-refractivity contribution in [1.29, 1.82) is 0 Å². The van der Waals surface area contributed by atoms with Crippen molar-refractivity contribution in [2.24, 2.45) is 0 Å². The van der Waals surface area contributed by atoms with Gasteiger partial charge >= 0.3 is 0 Å². The molecule has 2 aromatic rings. The van der Waals surface area contributed by atoms with Crippen molar-refractivity contribution in [3.05, 3.63) is 57.6 Å². The number of halogens is 2. The number of rotatable bonds is 2. The monoisotopic (exact) mass is 324 g/mol. The largest absolute Gasteiger partial charge is 0.332 e. The van der Waals surface area contributed by atoms with E-state index in [-0.39, 0.29) is 0 Å². The lowest BCUT2D eigenvalue weighted by atomic mass is 10.1. The van der Waals surface area contributed by atoms with Crippen LogP contribution >= 0.6 is 35.4 Å². The van der Waals surface area contributed by atoms with Crippen molar-refractivity contribution >= 4 is 51.9 Å². The summed E-state index contributed by atoms with van der Waals surface area (Å²) in [6.45, 7) is 4.07. The van der Waals surface area contributed by atoms with Gasteiger partial charge in [-0.3, -0.25) is 0 Å². The smallest absolute Gasteiger partial charge is 0.175 e. The predicted octanol–water partition coefficient (Wildman–Crippen LogP) is 5.42. The van der Waals surface area contributed by atoms with Crippen LogP contribution in [0.1, 0.15) is 11.1 Å². The van der Waals surface area contributed by atoms with E-state index in [1.165, 1.54) is 5.56 Å². The summed E-state index contributed by atoms with van der Waals surface area (Å²) in [6.07, 6.45) is 0. The van der Waals surface area contributed by atoms with E-state index >= 15 is 0 Å². The van der Waals surface area contributed by atoms with E-state index in [0.717, 1.165) is 16.9 Å². The van der Waals surface area contributed by atoms with Crippen molar-refractivity contribution < 1.29 is 0 Å². The minimum absolute atomic E-state index is 0.489. The van der Waals surface area contributed by atoms with Gasteiger partial charge in [0.05, 0.1) is 10.7 Å². The lowest BCUT2D eigenvalue weighted by Crippen LogP contribution is -2.19. The van der Waals surface area contributed by atoms with Gasteiger partial charge in [0.2, 0.25) is 0 Å². The molecule has 0 aromatic heterocycles. The molecule has 2 nitrogen and oxygen atoms in total. The maximum absolute atomic E-state index is 6.10. The van der Waals surface area contributed by atoms with Gasteiger partial charge < -0.3 is 10.6 Å². The number of aryl methyl sites for hydroxylation is 2. The Bertz CT molecular complexity index is 656. The summed E-state index contributed by atoms with van der Waals surface area (Å²) < 4.78 is 0. The van der Waals surface area contributed by atoms with Gasteiger partial charge in [-0.25, -0.2) is 0 Å². The van der Waals surface area contributed by atoms with Crippen molar-refractivity contribution in [3.8, 4) is 0 Å². The first-order valence-electron chi connectivity index (χ1n) is 6.06. The highest BCUT2D eigenvalue weighted by atomic mass is 35.5. The Balaban J connectivity index is 2.11. The van der Waals surface area contributed by atoms with Crippen molar-refractivity contribution in [2.45, 2.75) is 13.8 Å². The van der Waals surface area contributed by atoms with Gasteiger partial charge in [0.15, 0.2) is 5.11 Å². The predicted molar refractivity (Wildman–Crippen MR) is 92.2 cm³/mol. The number of thiocarbonyl (C=S) groups is 1. The molecule has 2 aromatic carbocycles. The fourth-order valence-corrected chi connectivity index (χ4v) is 2.41. The number of nitrogens with one attached hydrogen (secondary N) is 2. The maximum atomic E-state index is 6.10. The molecule has 0 spiro atoms. The third-order valence-corrected chi connectivity index (χ3v) is 3.57. The van der Waals surface area contributed by atoms with Crippen LogP contribution in [0.25, 0.3) is 0 Å². The van der Waals surface area contributed by atoms with Crippen molar-refractivity contribution in [2.75, 3.05) is 10.6 Å². The average Bonchev–Trinajstić information content (AvgIpc) is 2.37. The lowest BCUT2D eigenvalue weighted by molar-refractivity contribution is 1.39. The average molecular weight is 325 g/mol. The van der Waals surface area contributed by atoms with E-state index in [2.05, 4.69) is 22.8 Å². The van der Waals surface area contributed by atoms with Crippen molar-refractivity contribution in [3.63, 3.8) is 0 Å². The van der Waals surface area contributed by atoms with Crippen LogP contribution in [-0.2, 0) is 0 Å². The molecule has 0 saturated carbocycles. The standard InChI is InChI=1S/C15H14Cl2N2S/c1-9-3-4-10(2)14(7-9)19-15(20)18-13-6-5-11(16)8-12(13)17/h3-8H,1-2H3,(H2,18,19,20). The van der Waals surface area contributed by atoms with Crippen LogP contribution in [0.5, 0.6) is 0 Å². The molecule has 2 rings (SSSR count). The Morgan fingerprint density at radius 2 is 1.65 bits per heavy atom. The van der Waals surface area contributed by atoms with Crippen LogP contribution < -0.4 is 10.6 Å². The molecule has 0 fully saturated rings. The van der Waals surface area contributed by atoms with E-state index in [1.807, 2.05) is 19.9 Å². The molecular formula is C15H14Cl2N2S. The third kappa shape index (κ3) is 3.85. The van der Waals surface area contributed by atoms with Crippen LogP contribution in [0.3, 0.4) is 0 Å². The van der Waals surface area contributed by atoms with Gasteiger partial charge in [-0.1, -0.05) is 35.3 Å². The first kappa shape index (κ1) is 15.1. The van der Waals surface area contributed by atoms with E-state index in [4.69, 9.17) is 35.4 Å². The minimum atomic E-state index is 0.489. The topological polar surface area (TPSA) is 24.1 Å². The van der Waals surface area contributed by atoms with E-state index in [0.29, 0.717) is 15.2 Å². The number of hydrogen-bond acceptors (Lipinski definition) is 1. The van der Waals surface area contributed by atoms with Gasteiger partial charge in [-0.15, -0.1) is 0 Å². The second kappa shape index (κ2) is 6.44. The molecule has 0 aliphatic heterocycles. The lowest BCUT2D eigenvalue weighted by Gasteiger charge is -2.14. The molecule has 0 bridgehead atoms. The first-order valence-corrected chi connectivity index (χ1v) is 7.22. The van der Waals surface area contributed by atoms with Gasteiger partial charge in [0.25, 0.3) is 0 Å². The van der Waals surface area contributed by atoms with E-state index < -0.39 is 0 Å². The van der Waals surface area contributed by atoms with Crippen LogP contribution in [0, 0.1) is 13.8 Å². The summed E-state index contributed by atoms with van der Waals surface area (Å²) in [5, 5.41) is 7.84. The van der Waals surface area contributed by atoms with Crippen LogP contribution in [0.15, 0.2) is 36.4 Å². The molecule has 2 N–H and O–H groups in total. The van der Waals surface area contributed by atoms with Gasteiger partial charge in [0.1, 0.15) is 0 Å². The zero-order chi connectivity index (χ0) is 14.7. The second-order valence-corrected chi connectivity index (χ2v) is 5.77. The quantitative estimate of drug-likeness (QED) is 0.721. The zero-order valence-corrected chi connectivity index (χ0v) is 13.5. The van der Waals surface area contributed by atoms with Crippen LogP contribution in [0.4, 0.5) is 11.4 Å². The summed E-state index contributed by atoms with van der Waals surface area (Å²) in [4.78, 5) is 0. The fourth-order valence-electron chi connectivity index (χ4n) is 1.74. The molecule has 0 amide bonds. The SMILES string of the molecule is Cc1ccc(C)c(NC(=S)Nc2ccc(Cl)cc2Cl)c1. The summed E-state index contributed by atoms with van der Waals surface area (Å²) in [7, 11) is 0. The highest BCUT2D eigenvalue weighted by molar-refractivity contribution is 7.80. The molecule has 104 valence electrons. The van der Waals surface area contributed by atoms with Gasteiger partial charge in [-0.2, -0.15) is 0 Å². The Morgan fingerprint density at radius 1 is 0.950 bits per heavy atom. The Hall–Kier alpha value is -1.29. The Morgan fingerprint density at radius 3 is 2.35 bits per heavy atom. The Labute approximate surface area is 134 Å². The molecule has 0 atom stereocenters. The molecule has 0 saturated heterocycles. The highest BCUT2D eigenvalue weighted by Crippen LogP contribution is 2.25. The van der Waals surface area contributed by atoms with Crippen molar-refractivity contribution in [1.82, 2.24) is 0 Å². The molecule has 0 aliphatic rings. The fraction of sp³-hybridized carbons (Fsp3) is 0.133. The Kier molecular flexibility index (Phi) is 4.86. The summed E-state index contributed by atoms with van der Waals surface area (Å²) >= 11 is 17.3. The third-order valence-electron chi connectivity index (χ3n) is 2.82. The molecule has 20 heavy (non-hydrogen) atoms. The maximum Gasteiger partial charge on any atom is 0.175 e. The molecule has 0 radical (unpaired) electrons. The number of hydrogen-bond donors (Lipinski definition) is 2. The van der Waals surface area contributed by atoms with E-state index in [9.17, 15) is 0 Å². The second-order valence-electron chi connectivity index (χ2n) is 4.52.